The largest absolute Gasteiger partial charge is 0.368 e. The lowest BCUT2D eigenvalue weighted by Gasteiger charge is -2.04. The molecule has 1 amide bonds. The second-order valence-electron chi connectivity index (χ2n) is 1.54. The van der Waals surface area contributed by atoms with Gasteiger partial charge in [-0.2, -0.15) is 0 Å². The molecule has 0 atom stereocenters. The standard InChI is InChI=1S/C4H11N5O/c1-7-4(9-6)8-2-3(5)10/h2,6H2,1H3,(H2,5,10)(H2,7,8,9). The maximum Gasteiger partial charge on any atom is 0.236 e. The van der Waals surface area contributed by atoms with Crippen molar-refractivity contribution in [1.82, 2.24) is 10.7 Å². The molecule has 0 rings (SSSR count). The Bertz CT molecular complexity index is 143. The van der Waals surface area contributed by atoms with E-state index in [-0.39, 0.29) is 6.54 Å². The maximum atomic E-state index is 10.2. The van der Waals surface area contributed by atoms with Gasteiger partial charge in [0.15, 0.2) is 0 Å². The predicted octanol–water partition coefficient (Wildman–Crippen LogP) is -2.49. The lowest BCUT2D eigenvalue weighted by molar-refractivity contribution is -0.116. The third-order valence-corrected chi connectivity index (χ3v) is 0.790. The van der Waals surface area contributed by atoms with Crippen LogP contribution < -0.4 is 22.3 Å². The van der Waals surface area contributed by atoms with E-state index < -0.39 is 5.91 Å². The molecule has 0 aromatic heterocycles. The van der Waals surface area contributed by atoms with E-state index in [0.717, 1.165) is 0 Å². The first-order chi connectivity index (χ1) is 4.70. The first kappa shape index (κ1) is 8.70. The monoisotopic (exact) mass is 145 g/mol. The smallest absolute Gasteiger partial charge is 0.236 e. The third kappa shape index (κ3) is 3.67. The average molecular weight is 145 g/mol. The van der Waals surface area contributed by atoms with Crippen molar-refractivity contribution in [2.75, 3.05) is 13.6 Å². The molecule has 0 unspecified atom stereocenters. The van der Waals surface area contributed by atoms with Crippen LogP contribution in [0.2, 0.25) is 0 Å². The fraction of sp³-hybridized carbons (Fsp3) is 0.500. The van der Waals surface area contributed by atoms with Gasteiger partial charge in [0.1, 0.15) is 0 Å². The second kappa shape index (κ2) is 4.57. The molecule has 0 aliphatic heterocycles. The van der Waals surface area contributed by atoms with Crippen LogP contribution in [0.4, 0.5) is 0 Å². The number of amides is 1. The van der Waals surface area contributed by atoms with Crippen LogP contribution in [0.3, 0.4) is 0 Å². The van der Waals surface area contributed by atoms with Crippen molar-refractivity contribution in [3.8, 4) is 0 Å². The van der Waals surface area contributed by atoms with Gasteiger partial charge in [-0.15, -0.1) is 0 Å². The number of hydrogen-bond donors (Lipinski definition) is 4. The van der Waals surface area contributed by atoms with Gasteiger partial charge in [-0.05, 0) is 0 Å². The van der Waals surface area contributed by atoms with Crippen molar-refractivity contribution in [1.29, 1.82) is 0 Å². The van der Waals surface area contributed by atoms with Crippen LogP contribution >= 0.6 is 0 Å². The van der Waals surface area contributed by atoms with Crippen molar-refractivity contribution in [3.05, 3.63) is 0 Å². The minimum atomic E-state index is -0.462. The molecule has 0 aliphatic carbocycles. The normalized spacial score (nSPS) is 10.8. The molecule has 0 aromatic rings. The molecule has 0 heterocycles. The van der Waals surface area contributed by atoms with Gasteiger partial charge in [-0.25, -0.2) is 5.84 Å². The van der Waals surface area contributed by atoms with Gasteiger partial charge in [0.05, 0.1) is 6.54 Å². The van der Waals surface area contributed by atoms with E-state index in [1.807, 2.05) is 0 Å². The van der Waals surface area contributed by atoms with Gasteiger partial charge < -0.3 is 11.1 Å². The van der Waals surface area contributed by atoms with E-state index in [1.54, 1.807) is 0 Å². The molecule has 10 heavy (non-hydrogen) atoms. The number of nitrogens with zero attached hydrogens (tertiary/aromatic N) is 1. The van der Waals surface area contributed by atoms with E-state index in [2.05, 4.69) is 15.7 Å². The Balaban J connectivity index is 3.56. The van der Waals surface area contributed by atoms with Gasteiger partial charge in [0, 0.05) is 7.05 Å². The molecule has 0 aromatic carbocycles. The first-order valence-corrected chi connectivity index (χ1v) is 2.66. The Morgan fingerprint density at radius 3 is 2.60 bits per heavy atom. The highest BCUT2D eigenvalue weighted by Gasteiger charge is 1.94. The van der Waals surface area contributed by atoms with Crippen LogP contribution in [-0.2, 0) is 4.79 Å². The molecule has 0 saturated heterocycles. The van der Waals surface area contributed by atoms with E-state index in [4.69, 9.17) is 11.6 Å². The minimum absolute atomic E-state index is 0.0247. The SMILES string of the molecule is CN=C(NN)NCC(N)=O. The Kier molecular flexibility index (Phi) is 3.97. The summed E-state index contributed by atoms with van der Waals surface area (Å²) < 4.78 is 0. The summed E-state index contributed by atoms with van der Waals surface area (Å²) in [6, 6.07) is 0. The number of nitrogens with two attached hydrogens (primary N) is 2. The predicted molar refractivity (Wildman–Crippen MR) is 37.9 cm³/mol. The van der Waals surface area contributed by atoms with Crippen LogP contribution in [0.1, 0.15) is 0 Å². The highest BCUT2D eigenvalue weighted by Crippen LogP contribution is 1.60. The van der Waals surface area contributed by atoms with E-state index in [1.165, 1.54) is 7.05 Å². The number of primary amides is 1. The molecule has 58 valence electrons. The first-order valence-electron chi connectivity index (χ1n) is 2.66. The van der Waals surface area contributed by atoms with Crippen molar-refractivity contribution >= 4 is 11.9 Å². The number of rotatable bonds is 2. The molecule has 0 spiro atoms. The molecule has 0 fully saturated rings. The Morgan fingerprint density at radius 2 is 2.30 bits per heavy atom. The number of aliphatic imine (C=N–C) groups is 1. The van der Waals surface area contributed by atoms with Gasteiger partial charge in [-0.1, -0.05) is 0 Å². The van der Waals surface area contributed by atoms with Crippen molar-refractivity contribution < 1.29 is 4.79 Å². The third-order valence-electron chi connectivity index (χ3n) is 0.790. The zero-order valence-electron chi connectivity index (χ0n) is 5.72. The maximum absolute atomic E-state index is 10.2. The van der Waals surface area contributed by atoms with Gasteiger partial charge in [0.2, 0.25) is 11.9 Å². The Morgan fingerprint density at radius 1 is 1.70 bits per heavy atom. The molecule has 0 saturated carbocycles. The molecule has 6 N–H and O–H groups in total. The van der Waals surface area contributed by atoms with Crippen molar-refractivity contribution in [3.63, 3.8) is 0 Å². The fourth-order valence-corrected chi connectivity index (χ4v) is 0.365. The highest BCUT2D eigenvalue weighted by atomic mass is 16.1. The van der Waals surface area contributed by atoms with Gasteiger partial charge in [-0.3, -0.25) is 15.2 Å². The van der Waals surface area contributed by atoms with Crippen molar-refractivity contribution in [2.24, 2.45) is 16.6 Å². The number of guanidine groups is 1. The summed E-state index contributed by atoms with van der Waals surface area (Å²) in [4.78, 5) is 13.8. The number of hydrogen-bond acceptors (Lipinski definition) is 3. The summed E-state index contributed by atoms with van der Waals surface area (Å²) in [5.74, 6) is 4.84. The molecule has 0 radical (unpaired) electrons. The lowest BCUT2D eigenvalue weighted by atomic mass is 10.6. The molecular weight excluding hydrogens is 134 g/mol. The van der Waals surface area contributed by atoms with Crippen LogP contribution in [0.25, 0.3) is 0 Å². The molecule has 0 bridgehead atoms. The number of hydrazine groups is 1. The molecular formula is C4H11N5O. The zero-order valence-corrected chi connectivity index (χ0v) is 5.72. The summed E-state index contributed by atoms with van der Waals surface area (Å²) in [6.07, 6.45) is 0. The number of nitrogens with one attached hydrogen (secondary N) is 2. The lowest BCUT2D eigenvalue weighted by Crippen LogP contribution is -2.44. The quantitative estimate of drug-likeness (QED) is 0.149. The summed E-state index contributed by atoms with van der Waals surface area (Å²) >= 11 is 0. The van der Waals surface area contributed by atoms with Crippen molar-refractivity contribution in [2.45, 2.75) is 0 Å². The van der Waals surface area contributed by atoms with Crippen LogP contribution in [0.5, 0.6) is 0 Å². The van der Waals surface area contributed by atoms with E-state index in [9.17, 15) is 4.79 Å². The Labute approximate surface area is 58.6 Å². The zero-order chi connectivity index (χ0) is 7.98. The van der Waals surface area contributed by atoms with Crippen LogP contribution in [0, 0.1) is 0 Å². The number of carbonyl (C=O) groups is 1. The molecule has 0 aliphatic rings. The van der Waals surface area contributed by atoms with E-state index >= 15 is 0 Å². The Hall–Kier alpha value is -1.30. The number of carbonyl (C=O) groups excluding carboxylic acids is 1. The fourth-order valence-electron chi connectivity index (χ4n) is 0.365. The van der Waals surface area contributed by atoms with Gasteiger partial charge >= 0.3 is 0 Å². The summed E-state index contributed by atoms with van der Waals surface area (Å²) in [6.45, 7) is 0.0247. The van der Waals surface area contributed by atoms with Crippen LogP contribution in [-0.4, -0.2) is 25.5 Å². The topological polar surface area (TPSA) is 106 Å². The molecule has 6 heteroatoms. The van der Waals surface area contributed by atoms with E-state index in [0.29, 0.717) is 5.96 Å². The second-order valence-corrected chi connectivity index (χ2v) is 1.54. The average Bonchev–Trinajstić information content (AvgIpc) is 1.90. The summed E-state index contributed by atoms with van der Waals surface area (Å²) in [5, 5.41) is 2.56. The summed E-state index contributed by atoms with van der Waals surface area (Å²) in [7, 11) is 1.53. The minimum Gasteiger partial charge on any atom is -0.368 e. The van der Waals surface area contributed by atoms with Crippen LogP contribution in [0.15, 0.2) is 4.99 Å². The molecule has 6 nitrogen and oxygen atoms in total. The highest BCUT2D eigenvalue weighted by molar-refractivity contribution is 5.85. The summed E-state index contributed by atoms with van der Waals surface area (Å²) in [5.41, 5.74) is 7.06. The van der Waals surface area contributed by atoms with Gasteiger partial charge in [0.25, 0.3) is 0 Å².